The van der Waals surface area contributed by atoms with Crippen LogP contribution < -0.4 is 4.90 Å². The molecule has 0 radical (unpaired) electrons. The predicted molar refractivity (Wildman–Crippen MR) is 133 cm³/mol. The first-order valence-electron chi connectivity index (χ1n) is 10.3. The fourth-order valence-corrected chi connectivity index (χ4v) is 5.10. The van der Waals surface area contributed by atoms with Crippen molar-refractivity contribution >= 4 is 45.2 Å². The molecule has 164 valence electrons. The van der Waals surface area contributed by atoms with Gasteiger partial charge in [-0.1, -0.05) is 60.3 Å². The minimum absolute atomic E-state index is 0.0491. The van der Waals surface area contributed by atoms with E-state index in [2.05, 4.69) is 20.1 Å². The summed E-state index contributed by atoms with van der Waals surface area (Å²) < 4.78 is 1.81. The Labute approximate surface area is 199 Å². The second-order valence-electron chi connectivity index (χ2n) is 7.38. The highest BCUT2D eigenvalue weighted by Gasteiger charge is 2.18. The number of carbonyl (C=O) groups excluding carboxylic acids is 1. The van der Waals surface area contributed by atoms with Crippen LogP contribution in [0.2, 0.25) is 0 Å². The number of carbonyl (C=O) groups is 1. The zero-order valence-corrected chi connectivity index (χ0v) is 19.7. The number of benzene rings is 2. The fraction of sp³-hybridized carbons (Fsp3) is 0.125. The summed E-state index contributed by atoms with van der Waals surface area (Å²) in [6, 6.07) is 18.0. The van der Waals surface area contributed by atoms with Crippen LogP contribution in [0.5, 0.6) is 0 Å². The number of fused-ring (bicyclic) bond motifs is 1. The highest BCUT2D eigenvalue weighted by molar-refractivity contribution is 8.00. The molecule has 0 aliphatic heterocycles. The van der Waals surface area contributed by atoms with Crippen molar-refractivity contribution in [2.75, 3.05) is 17.7 Å². The number of thiazole rings is 1. The lowest BCUT2D eigenvalue weighted by molar-refractivity contribution is -0.115. The Morgan fingerprint density at radius 1 is 1.09 bits per heavy atom. The number of thioether (sulfide) groups is 1. The van der Waals surface area contributed by atoms with Gasteiger partial charge in [0.05, 0.1) is 28.7 Å². The smallest absolute Gasteiger partial charge is 0.238 e. The van der Waals surface area contributed by atoms with Crippen molar-refractivity contribution in [1.82, 2.24) is 24.7 Å². The molecule has 3 heterocycles. The molecule has 1 amide bonds. The summed E-state index contributed by atoms with van der Waals surface area (Å²) in [5, 5.41) is 8.71. The number of amides is 1. The number of aryl methyl sites for hydroxylation is 1. The van der Waals surface area contributed by atoms with Gasteiger partial charge in [-0.3, -0.25) is 9.69 Å². The number of nitrogens with zero attached hydrogens (tertiary/aromatic N) is 6. The van der Waals surface area contributed by atoms with E-state index in [-0.39, 0.29) is 11.7 Å². The Morgan fingerprint density at radius 3 is 2.70 bits per heavy atom. The molecule has 0 aliphatic carbocycles. The normalized spacial score (nSPS) is 11.1. The first kappa shape index (κ1) is 21.3. The van der Waals surface area contributed by atoms with Gasteiger partial charge >= 0.3 is 0 Å². The highest BCUT2D eigenvalue weighted by Crippen LogP contribution is 2.29. The molecule has 2 aromatic carbocycles. The van der Waals surface area contributed by atoms with Gasteiger partial charge in [0.2, 0.25) is 5.91 Å². The van der Waals surface area contributed by atoms with Gasteiger partial charge in [0.25, 0.3) is 0 Å². The second kappa shape index (κ2) is 9.13. The van der Waals surface area contributed by atoms with Gasteiger partial charge in [-0.2, -0.15) is 5.10 Å². The summed E-state index contributed by atoms with van der Waals surface area (Å²) in [4.78, 5) is 27.9. The first-order chi connectivity index (χ1) is 16.1. The Kier molecular flexibility index (Phi) is 5.89. The van der Waals surface area contributed by atoms with E-state index in [0.717, 1.165) is 38.6 Å². The van der Waals surface area contributed by atoms with E-state index < -0.39 is 0 Å². The topological polar surface area (TPSA) is 76.8 Å². The number of hydrogen-bond acceptors (Lipinski definition) is 7. The summed E-state index contributed by atoms with van der Waals surface area (Å²) >= 11 is 2.83. The highest BCUT2D eigenvalue weighted by atomic mass is 32.2. The molecular weight excluding hydrogens is 452 g/mol. The lowest BCUT2D eigenvalue weighted by atomic mass is 10.2. The van der Waals surface area contributed by atoms with E-state index in [1.165, 1.54) is 29.4 Å². The van der Waals surface area contributed by atoms with E-state index >= 15 is 0 Å². The van der Waals surface area contributed by atoms with Crippen LogP contribution in [0.15, 0.2) is 77.5 Å². The molecule has 0 N–H and O–H groups in total. The van der Waals surface area contributed by atoms with Crippen LogP contribution in [-0.2, 0) is 4.79 Å². The van der Waals surface area contributed by atoms with Crippen LogP contribution in [-0.4, -0.2) is 43.4 Å². The standard InChI is InChI=1S/C24H20N6OS2/c1-16-8-6-7-11-20(16)30-22-18(12-27-30)23(26-15-25-22)32-14-21(31)29(2)24-28-19(13-33-24)17-9-4-3-5-10-17/h3-13,15H,14H2,1-2H3. The molecule has 5 rings (SSSR count). The van der Waals surface area contributed by atoms with Gasteiger partial charge in [-0.15, -0.1) is 11.3 Å². The molecule has 0 saturated heterocycles. The third kappa shape index (κ3) is 4.24. The van der Waals surface area contributed by atoms with Crippen molar-refractivity contribution in [3.05, 3.63) is 78.1 Å². The van der Waals surface area contributed by atoms with Gasteiger partial charge in [-0.05, 0) is 18.6 Å². The molecule has 0 spiro atoms. The molecule has 0 atom stereocenters. The largest absolute Gasteiger partial charge is 0.291 e. The SMILES string of the molecule is Cc1ccccc1-n1ncc2c(SCC(=O)N(C)c3nc(-c4ccccc4)cs3)ncnc21. The number of rotatable bonds is 6. The quantitative estimate of drug-likeness (QED) is 0.256. The molecule has 3 aromatic heterocycles. The average Bonchev–Trinajstić information content (AvgIpc) is 3.51. The number of anilines is 1. The zero-order valence-electron chi connectivity index (χ0n) is 18.0. The number of para-hydroxylation sites is 1. The molecule has 33 heavy (non-hydrogen) atoms. The maximum Gasteiger partial charge on any atom is 0.238 e. The van der Waals surface area contributed by atoms with Crippen LogP contribution >= 0.6 is 23.1 Å². The molecule has 0 aliphatic rings. The van der Waals surface area contributed by atoms with E-state index in [9.17, 15) is 4.79 Å². The average molecular weight is 473 g/mol. The van der Waals surface area contributed by atoms with Crippen LogP contribution in [0.4, 0.5) is 5.13 Å². The molecule has 0 fully saturated rings. The summed E-state index contributed by atoms with van der Waals surface area (Å²) in [7, 11) is 1.75. The molecule has 0 bridgehead atoms. The Hall–Kier alpha value is -3.56. The predicted octanol–water partition coefficient (Wildman–Crippen LogP) is 5.00. The lowest BCUT2D eigenvalue weighted by Crippen LogP contribution is -2.27. The van der Waals surface area contributed by atoms with Gasteiger partial charge in [0.15, 0.2) is 10.8 Å². The van der Waals surface area contributed by atoms with E-state index in [0.29, 0.717) is 5.13 Å². The van der Waals surface area contributed by atoms with Gasteiger partial charge in [0.1, 0.15) is 11.4 Å². The van der Waals surface area contributed by atoms with Gasteiger partial charge in [0, 0.05) is 18.0 Å². The molecule has 0 unspecified atom stereocenters. The van der Waals surface area contributed by atoms with Crippen molar-refractivity contribution in [2.45, 2.75) is 11.9 Å². The van der Waals surface area contributed by atoms with Crippen LogP contribution in [0.1, 0.15) is 5.56 Å². The lowest BCUT2D eigenvalue weighted by Gasteiger charge is -2.13. The minimum atomic E-state index is -0.0491. The Balaban J connectivity index is 1.32. The van der Waals surface area contributed by atoms with Crippen LogP contribution in [0, 0.1) is 6.92 Å². The Bertz CT molecular complexity index is 1430. The third-order valence-corrected chi connectivity index (χ3v) is 7.14. The number of aromatic nitrogens is 5. The van der Waals surface area contributed by atoms with Crippen molar-refractivity contribution in [2.24, 2.45) is 0 Å². The summed E-state index contributed by atoms with van der Waals surface area (Å²) in [5.41, 5.74) is 4.68. The van der Waals surface area contributed by atoms with E-state index in [4.69, 9.17) is 0 Å². The van der Waals surface area contributed by atoms with E-state index in [1.807, 2.05) is 71.6 Å². The molecule has 9 heteroatoms. The zero-order chi connectivity index (χ0) is 22.8. The number of hydrogen-bond donors (Lipinski definition) is 0. The maximum absolute atomic E-state index is 12.9. The van der Waals surface area contributed by atoms with Crippen molar-refractivity contribution in [3.8, 4) is 16.9 Å². The summed E-state index contributed by atoms with van der Waals surface area (Å²) in [5.74, 6) is 0.185. The Morgan fingerprint density at radius 2 is 1.88 bits per heavy atom. The van der Waals surface area contributed by atoms with E-state index in [1.54, 1.807) is 18.1 Å². The molecule has 5 aromatic rings. The summed E-state index contributed by atoms with van der Waals surface area (Å²) in [6.45, 7) is 2.04. The molecule has 0 saturated carbocycles. The first-order valence-corrected chi connectivity index (χ1v) is 12.1. The van der Waals surface area contributed by atoms with Crippen molar-refractivity contribution in [1.29, 1.82) is 0 Å². The second-order valence-corrected chi connectivity index (χ2v) is 9.18. The molecule has 7 nitrogen and oxygen atoms in total. The van der Waals surface area contributed by atoms with Crippen molar-refractivity contribution < 1.29 is 4.79 Å². The third-order valence-electron chi connectivity index (χ3n) is 5.23. The minimum Gasteiger partial charge on any atom is -0.291 e. The van der Waals surface area contributed by atoms with Crippen molar-refractivity contribution in [3.63, 3.8) is 0 Å². The van der Waals surface area contributed by atoms with Gasteiger partial charge in [-0.25, -0.2) is 19.6 Å². The van der Waals surface area contributed by atoms with Gasteiger partial charge < -0.3 is 0 Å². The van der Waals surface area contributed by atoms with Crippen LogP contribution in [0.3, 0.4) is 0 Å². The fourth-order valence-electron chi connectivity index (χ4n) is 3.41. The molecular formula is C24H20N6OS2. The monoisotopic (exact) mass is 472 g/mol. The van der Waals surface area contributed by atoms with Crippen LogP contribution in [0.25, 0.3) is 28.0 Å². The maximum atomic E-state index is 12.9. The summed E-state index contributed by atoms with van der Waals surface area (Å²) in [6.07, 6.45) is 3.27.